The van der Waals surface area contributed by atoms with Crippen LogP contribution in [-0.4, -0.2) is 70.1 Å². The van der Waals surface area contributed by atoms with Crippen LogP contribution in [-0.2, 0) is 4.79 Å². The molecule has 0 atom stereocenters. The minimum Gasteiger partial charge on any atom is -0.354 e. The summed E-state index contributed by atoms with van der Waals surface area (Å²) in [6, 6.07) is 7.99. The van der Waals surface area contributed by atoms with Crippen molar-refractivity contribution in [2.24, 2.45) is 0 Å². The summed E-state index contributed by atoms with van der Waals surface area (Å²) in [7, 11) is 0. The van der Waals surface area contributed by atoms with Gasteiger partial charge in [-0.2, -0.15) is 0 Å². The van der Waals surface area contributed by atoms with Crippen molar-refractivity contribution in [2.75, 3.05) is 44.2 Å². The normalized spacial score (nSPS) is 22.1. The molecule has 3 heterocycles. The molecule has 0 bridgehead atoms. The number of rotatable bonds is 6. The number of benzene rings is 1. The summed E-state index contributed by atoms with van der Waals surface area (Å²) in [5, 5.41) is 5.31. The molecule has 2 aromatic rings. The number of hydrogen-bond acceptors (Lipinski definition) is 7. The van der Waals surface area contributed by atoms with Gasteiger partial charge in [-0.05, 0) is 56.1 Å². The van der Waals surface area contributed by atoms with Crippen LogP contribution in [0.4, 0.5) is 10.6 Å². The first-order chi connectivity index (χ1) is 14.7. The summed E-state index contributed by atoms with van der Waals surface area (Å²) in [6.45, 7) is 5.40. The number of carbonyl (C=O) groups excluding carboxylic acids is 2. The van der Waals surface area contributed by atoms with Crippen molar-refractivity contribution in [2.45, 2.75) is 43.3 Å². The van der Waals surface area contributed by atoms with E-state index in [0.717, 1.165) is 88.0 Å². The monoisotopic (exact) mass is 428 g/mol. The van der Waals surface area contributed by atoms with Gasteiger partial charge in [-0.1, -0.05) is 30.1 Å². The van der Waals surface area contributed by atoms with Gasteiger partial charge in [-0.3, -0.25) is 19.4 Å². The predicted molar refractivity (Wildman–Crippen MR) is 118 cm³/mol. The minimum atomic E-state index is -0.418. The number of para-hydroxylation sites is 1. The summed E-state index contributed by atoms with van der Waals surface area (Å²) < 4.78 is 5.02. The molecule has 0 unspecified atom stereocenters. The number of piperazine rings is 1. The van der Waals surface area contributed by atoms with E-state index in [4.69, 9.17) is 4.52 Å². The molecule has 160 valence electrons. The van der Waals surface area contributed by atoms with E-state index in [1.54, 1.807) is 0 Å². The molecule has 7 nitrogen and oxygen atoms in total. The highest BCUT2D eigenvalue weighted by Crippen LogP contribution is 2.48. The number of aromatic nitrogens is 1. The summed E-state index contributed by atoms with van der Waals surface area (Å²) in [4.78, 5) is 31.3. The van der Waals surface area contributed by atoms with Gasteiger partial charge in [0, 0.05) is 32.7 Å². The van der Waals surface area contributed by atoms with E-state index < -0.39 is 4.75 Å². The molecule has 2 saturated heterocycles. The highest BCUT2D eigenvalue weighted by Gasteiger charge is 2.53. The van der Waals surface area contributed by atoms with Gasteiger partial charge in [0.05, 0.1) is 5.39 Å². The molecule has 30 heavy (non-hydrogen) atoms. The first kappa shape index (κ1) is 19.9. The Morgan fingerprint density at radius 1 is 1.00 bits per heavy atom. The topological polar surface area (TPSA) is 69.9 Å². The number of anilines is 1. The van der Waals surface area contributed by atoms with Crippen molar-refractivity contribution in [1.29, 1.82) is 0 Å². The quantitative estimate of drug-likeness (QED) is 0.649. The molecular formula is C22H28N4O3S. The van der Waals surface area contributed by atoms with Crippen molar-refractivity contribution in [1.82, 2.24) is 15.0 Å². The third kappa shape index (κ3) is 3.60. The van der Waals surface area contributed by atoms with Crippen molar-refractivity contribution in [3.05, 3.63) is 24.3 Å². The molecule has 5 rings (SSSR count). The number of amides is 2. The zero-order chi connectivity index (χ0) is 20.6. The van der Waals surface area contributed by atoms with E-state index in [1.807, 2.05) is 18.2 Å². The zero-order valence-corrected chi connectivity index (χ0v) is 18.0. The number of nitrogens with zero attached hydrogens (tertiary/aromatic N) is 4. The van der Waals surface area contributed by atoms with Crippen LogP contribution in [0.1, 0.15) is 38.5 Å². The molecule has 0 radical (unpaired) electrons. The summed E-state index contributed by atoms with van der Waals surface area (Å²) >= 11 is 1.29. The first-order valence-electron chi connectivity index (χ1n) is 11.0. The molecule has 1 aromatic heterocycles. The molecule has 1 spiro atoms. The Labute approximate surface area is 180 Å². The molecule has 3 aliphatic rings. The van der Waals surface area contributed by atoms with Crippen LogP contribution in [0, 0.1) is 0 Å². The second-order valence-electron chi connectivity index (χ2n) is 8.56. The van der Waals surface area contributed by atoms with Crippen molar-refractivity contribution >= 4 is 39.7 Å². The lowest BCUT2D eigenvalue weighted by atomic mass is 10.1. The zero-order valence-electron chi connectivity index (χ0n) is 17.2. The maximum Gasteiger partial charge on any atom is 0.289 e. The lowest BCUT2D eigenvalue weighted by Crippen LogP contribution is -2.47. The third-order valence-corrected chi connectivity index (χ3v) is 8.05. The highest BCUT2D eigenvalue weighted by molar-refractivity contribution is 8.16. The van der Waals surface area contributed by atoms with Gasteiger partial charge >= 0.3 is 0 Å². The van der Waals surface area contributed by atoms with Gasteiger partial charge in [-0.15, -0.1) is 0 Å². The standard InChI is InChI=1S/C22H28N4O3S/c27-20-22(9-3-4-10-22)30-21(28)26(20)12-6-5-11-24-13-15-25(16-14-24)19-17-7-1-2-8-18(17)29-23-19/h1-2,7-8H,3-6,9-16H2. The van der Waals surface area contributed by atoms with Crippen LogP contribution in [0.25, 0.3) is 11.0 Å². The highest BCUT2D eigenvalue weighted by atomic mass is 32.2. The number of carbonyl (C=O) groups is 2. The number of thioether (sulfide) groups is 1. The molecule has 8 heteroatoms. The average molecular weight is 429 g/mol. The molecule has 2 aliphatic heterocycles. The molecule has 1 saturated carbocycles. The average Bonchev–Trinajstić information content (AvgIpc) is 3.46. The summed E-state index contributed by atoms with van der Waals surface area (Å²) in [5.74, 6) is 1.01. The Morgan fingerprint density at radius 2 is 1.73 bits per heavy atom. The molecule has 0 N–H and O–H groups in total. The van der Waals surface area contributed by atoms with E-state index in [0.29, 0.717) is 6.54 Å². The Balaban J connectivity index is 1.06. The van der Waals surface area contributed by atoms with Crippen LogP contribution in [0.5, 0.6) is 0 Å². The lowest BCUT2D eigenvalue weighted by molar-refractivity contribution is -0.129. The largest absolute Gasteiger partial charge is 0.354 e. The van der Waals surface area contributed by atoms with E-state index in [2.05, 4.69) is 21.0 Å². The Morgan fingerprint density at radius 3 is 2.53 bits per heavy atom. The maximum absolute atomic E-state index is 12.7. The fourth-order valence-corrected chi connectivity index (χ4v) is 6.25. The second-order valence-corrected chi connectivity index (χ2v) is 9.90. The Kier molecular flexibility index (Phi) is 5.45. The van der Waals surface area contributed by atoms with E-state index in [9.17, 15) is 9.59 Å². The van der Waals surface area contributed by atoms with Crippen LogP contribution >= 0.6 is 11.8 Å². The van der Waals surface area contributed by atoms with Gasteiger partial charge in [0.25, 0.3) is 5.24 Å². The van der Waals surface area contributed by atoms with Crippen LogP contribution in [0.15, 0.2) is 28.8 Å². The number of unbranched alkanes of at least 4 members (excludes halogenated alkanes) is 1. The van der Waals surface area contributed by atoms with Crippen molar-refractivity contribution < 1.29 is 14.1 Å². The number of fused-ring (bicyclic) bond motifs is 1. The second kappa shape index (κ2) is 8.23. The molecule has 3 fully saturated rings. The number of imide groups is 1. The fraction of sp³-hybridized carbons (Fsp3) is 0.591. The smallest absolute Gasteiger partial charge is 0.289 e. The van der Waals surface area contributed by atoms with E-state index in [-0.39, 0.29) is 11.1 Å². The van der Waals surface area contributed by atoms with Crippen LogP contribution < -0.4 is 4.90 Å². The summed E-state index contributed by atoms with van der Waals surface area (Å²) in [6.07, 6.45) is 5.74. The van der Waals surface area contributed by atoms with Crippen LogP contribution in [0.2, 0.25) is 0 Å². The lowest BCUT2D eigenvalue weighted by Gasteiger charge is -2.34. The Bertz CT molecular complexity index is 931. The van der Waals surface area contributed by atoms with Gasteiger partial charge in [0.15, 0.2) is 11.4 Å². The fourth-order valence-electron chi connectivity index (χ4n) is 4.94. The van der Waals surface area contributed by atoms with Gasteiger partial charge in [0.1, 0.15) is 4.75 Å². The molecule has 2 amide bonds. The molecule has 1 aliphatic carbocycles. The SMILES string of the molecule is O=C1SC2(CCCC2)C(=O)N1CCCCN1CCN(c2noc3ccccc23)CC1. The number of hydrogen-bond donors (Lipinski definition) is 0. The molecular weight excluding hydrogens is 400 g/mol. The van der Waals surface area contributed by atoms with Gasteiger partial charge in [-0.25, -0.2) is 0 Å². The third-order valence-electron chi connectivity index (χ3n) is 6.69. The van der Waals surface area contributed by atoms with Crippen molar-refractivity contribution in [3.8, 4) is 0 Å². The van der Waals surface area contributed by atoms with E-state index in [1.165, 1.54) is 16.7 Å². The van der Waals surface area contributed by atoms with Crippen LogP contribution in [0.3, 0.4) is 0 Å². The molecule has 1 aromatic carbocycles. The van der Waals surface area contributed by atoms with Gasteiger partial charge < -0.3 is 9.42 Å². The Hall–Kier alpha value is -2.06. The van der Waals surface area contributed by atoms with Gasteiger partial charge in [0.2, 0.25) is 5.91 Å². The summed E-state index contributed by atoms with van der Waals surface area (Å²) in [5.41, 5.74) is 0.832. The first-order valence-corrected chi connectivity index (χ1v) is 11.8. The van der Waals surface area contributed by atoms with Crippen molar-refractivity contribution in [3.63, 3.8) is 0 Å². The van der Waals surface area contributed by atoms with E-state index >= 15 is 0 Å². The minimum absolute atomic E-state index is 0.0321. The maximum atomic E-state index is 12.7. The predicted octanol–water partition coefficient (Wildman–Crippen LogP) is 3.74.